The van der Waals surface area contributed by atoms with Crippen LogP contribution >= 0.6 is 0 Å². The first-order valence-corrected chi connectivity index (χ1v) is 6.88. The van der Waals surface area contributed by atoms with Crippen LogP contribution in [0.4, 0.5) is 28.4 Å². The summed E-state index contributed by atoms with van der Waals surface area (Å²) in [6, 6.07) is 5.74. The van der Waals surface area contributed by atoms with Crippen molar-refractivity contribution >= 4 is 28.4 Å². The van der Waals surface area contributed by atoms with Crippen LogP contribution in [0.25, 0.3) is 0 Å². The van der Waals surface area contributed by atoms with Crippen molar-refractivity contribution in [2.24, 2.45) is 0 Å². The van der Waals surface area contributed by atoms with E-state index in [9.17, 15) is 30.3 Å². The maximum Gasteiger partial charge on any atom is 0.306 e. The second kappa shape index (κ2) is 7.29. The van der Waals surface area contributed by atoms with E-state index >= 15 is 0 Å². The minimum Gasteiger partial charge on any atom is -0.497 e. The van der Waals surface area contributed by atoms with Crippen molar-refractivity contribution in [1.82, 2.24) is 0 Å². The Morgan fingerprint density at radius 1 is 0.846 bits per heavy atom. The molecule has 2 aromatic carbocycles. The monoisotopic (exact) mass is 364 g/mol. The Bertz CT molecular complexity index is 864. The highest BCUT2D eigenvalue weighted by molar-refractivity contribution is 5.83. The third-order valence-electron chi connectivity index (χ3n) is 3.35. The van der Waals surface area contributed by atoms with Crippen LogP contribution in [0, 0.1) is 30.3 Å². The van der Waals surface area contributed by atoms with Crippen LogP contribution in [0.3, 0.4) is 0 Å². The second-order valence-electron chi connectivity index (χ2n) is 4.82. The van der Waals surface area contributed by atoms with E-state index in [2.05, 4.69) is 5.32 Å². The lowest BCUT2D eigenvalue weighted by molar-refractivity contribution is -0.401. The number of benzene rings is 2. The molecule has 0 unspecified atom stereocenters. The summed E-state index contributed by atoms with van der Waals surface area (Å²) in [6.45, 7) is 0. The van der Waals surface area contributed by atoms with Crippen LogP contribution < -0.4 is 14.8 Å². The topological polar surface area (TPSA) is 160 Å². The summed E-state index contributed by atoms with van der Waals surface area (Å²) in [6.07, 6.45) is 0. The number of nitro benzene ring substituents is 3. The molecule has 0 aliphatic heterocycles. The van der Waals surface area contributed by atoms with Gasteiger partial charge in [-0.1, -0.05) is 0 Å². The predicted octanol–water partition coefficient (Wildman–Crippen LogP) is 3.17. The molecule has 0 aliphatic carbocycles. The van der Waals surface area contributed by atoms with E-state index in [1.165, 1.54) is 26.4 Å². The zero-order chi connectivity index (χ0) is 19.4. The average Bonchev–Trinajstić information content (AvgIpc) is 2.60. The molecule has 2 rings (SSSR count). The normalized spacial score (nSPS) is 10.1. The van der Waals surface area contributed by atoms with Crippen LogP contribution in [-0.4, -0.2) is 29.0 Å². The molecule has 0 atom stereocenters. The van der Waals surface area contributed by atoms with Gasteiger partial charge < -0.3 is 14.8 Å². The summed E-state index contributed by atoms with van der Waals surface area (Å²) >= 11 is 0. The van der Waals surface area contributed by atoms with Gasteiger partial charge in [0.05, 0.1) is 46.8 Å². The number of nitrogens with zero attached hydrogens (tertiary/aromatic N) is 3. The molecular formula is C14H12N4O8. The summed E-state index contributed by atoms with van der Waals surface area (Å²) in [7, 11) is 2.73. The Hall–Kier alpha value is -3.96. The van der Waals surface area contributed by atoms with E-state index in [0.717, 1.165) is 0 Å². The van der Waals surface area contributed by atoms with E-state index in [0.29, 0.717) is 17.9 Å². The summed E-state index contributed by atoms with van der Waals surface area (Å²) in [5.41, 5.74) is -2.79. The maximum atomic E-state index is 11.3. The number of hydrogen-bond acceptors (Lipinski definition) is 9. The zero-order valence-electron chi connectivity index (χ0n) is 13.5. The molecular weight excluding hydrogens is 352 g/mol. The lowest BCUT2D eigenvalue weighted by Crippen LogP contribution is -2.04. The van der Waals surface area contributed by atoms with Crippen molar-refractivity contribution < 1.29 is 24.2 Å². The molecule has 0 fully saturated rings. The summed E-state index contributed by atoms with van der Waals surface area (Å²) in [5, 5.41) is 36.1. The smallest absolute Gasteiger partial charge is 0.306 e. The number of non-ortho nitro benzene ring substituents is 1. The minimum absolute atomic E-state index is 0.145. The van der Waals surface area contributed by atoms with Gasteiger partial charge in [0.15, 0.2) is 5.69 Å². The molecule has 12 nitrogen and oxygen atoms in total. The number of rotatable bonds is 7. The van der Waals surface area contributed by atoms with Crippen LogP contribution in [-0.2, 0) is 0 Å². The highest BCUT2D eigenvalue weighted by atomic mass is 16.6. The average molecular weight is 364 g/mol. The molecule has 0 aliphatic rings. The maximum absolute atomic E-state index is 11.3. The molecule has 0 saturated heterocycles. The quantitative estimate of drug-likeness (QED) is 0.574. The lowest BCUT2D eigenvalue weighted by Gasteiger charge is -2.13. The fraction of sp³-hybridized carbons (Fsp3) is 0.143. The van der Waals surface area contributed by atoms with Crippen LogP contribution in [0.1, 0.15) is 0 Å². The molecule has 0 aromatic heterocycles. The number of methoxy groups -OCH3 is 2. The van der Waals surface area contributed by atoms with E-state index in [-0.39, 0.29) is 11.4 Å². The molecule has 0 radical (unpaired) electrons. The Labute approximate surface area is 145 Å². The van der Waals surface area contributed by atoms with Crippen molar-refractivity contribution in [1.29, 1.82) is 0 Å². The SMILES string of the molecule is COc1ccc(OC)c(Nc2c([N+](=O)[O-])cc([N+](=O)[O-])cc2[N+](=O)[O-])c1. The van der Waals surface area contributed by atoms with Gasteiger partial charge in [-0.15, -0.1) is 0 Å². The first kappa shape index (κ1) is 18.4. The second-order valence-corrected chi connectivity index (χ2v) is 4.82. The van der Waals surface area contributed by atoms with E-state index in [1.54, 1.807) is 6.07 Å². The first-order valence-electron chi connectivity index (χ1n) is 6.88. The highest BCUT2D eigenvalue weighted by Gasteiger charge is 2.31. The standard InChI is InChI=1S/C14H12N4O8/c1-25-9-3-4-13(26-2)10(7-9)15-14-11(17(21)22)5-8(16(19)20)6-12(14)18(23)24/h3-7,15H,1-2H3. The van der Waals surface area contributed by atoms with Gasteiger partial charge in [0.2, 0.25) is 0 Å². The van der Waals surface area contributed by atoms with Crippen molar-refractivity contribution in [2.75, 3.05) is 19.5 Å². The van der Waals surface area contributed by atoms with Crippen LogP contribution in [0.2, 0.25) is 0 Å². The van der Waals surface area contributed by atoms with Crippen molar-refractivity contribution in [3.63, 3.8) is 0 Å². The van der Waals surface area contributed by atoms with Gasteiger partial charge in [-0.3, -0.25) is 30.3 Å². The molecule has 2 aromatic rings. The van der Waals surface area contributed by atoms with Gasteiger partial charge in [-0.2, -0.15) is 0 Å². The van der Waals surface area contributed by atoms with Gasteiger partial charge in [-0.25, -0.2) is 0 Å². The van der Waals surface area contributed by atoms with Gasteiger partial charge in [0.1, 0.15) is 11.5 Å². The van der Waals surface area contributed by atoms with Crippen LogP contribution in [0.5, 0.6) is 11.5 Å². The minimum atomic E-state index is -0.949. The molecule has 0 bridgehead atoms. The number of nitrogens with one attached hydrogen (secondary N) is 1. The highest BCUT2D eigenvalue weighted by Crippen LogP contribution is 2.42. The largest absolute Gasteiger partial charge is 0.497 e. The Balaban J connectivity index is 2.70. The van der Waals surface area contributed by atoms with E-state index in [4.69, 9.17) is 9.47 Å². The van der Waals surface area contributed by atoms with E-state index in [1.807, 2.05) is 0 Å². The number of ether oxygens (including phenoxy) is 2. The fourth-order valence-corrected chi connectivity index (χ4v) is 2.17. The molecule has 26 heavy (non-hydrogen) atoms. The Morgan fingerprint density at radius 2 is 1.42 bits per heavy atom. The Morgan fingerprint density at radius 3 is 1.85 bits per heavy atom. The number of anilines is 2. The summed E-state index contributed by atoms with van der Waals surface area (Å²) in [4.78, 5) is 30.7. The molecule has 0 amide bonds. The van der Waals surface area contributed by atoms with Crippen LogP contribution in [0.15, 0.2) is 30.3 Å². The molecule has 1 N–H and O–H groups in total. The third-order valence-corrected chi connectivity index (χ3v) is 3.35. The first-order chi connectivity index (χ1) is 12.3. The van der Waals surface area contributed by atoms with Crippen molar-refractivity contribution in [2.45, 2.75) is 0 Å². The summed E-state index contributed by atoms with van der Waals surface area (Å²) < 4.78 is 10.2. The molecule has 0 heterocycles. The molecule has 0 saturated carbocycles. The number of nitro groups is 3. The lowest BCUT2D eigenvalue weighted by atomic mass is 10.2. The van der Waals surface area contributed by atoms with Gasteiger partial charge >= 0.3 is 11.4 Å². The van der Waals surface area contributed by atoms with Crippen molar-refractivity contribution in [3.8, 4) is 11.5 Å². The van der Waals surface area contributed by atoms with Gasteiger partial charge in [-0.05, 0) is 12.1 Å². The third kappa shape index (κ3) is 3.58. The molecule has 136 valence electrons. The summed E-state index contributed by atoms with van der Waals surface area (Å²) in [5.74, 6) is 0.591. The molecule has 12 heteroatoms. The van der Waals surface area contributed by atoms with Crippen molar-refractivity contribution in [3.05, 3.63) is 60.7 Å². The predicted molar refractivity (Wildman–Crippen MR) is 89.2 cm³/mol. The van der Waals surface area contributed by atoms with E-state index < -0.39 is 37.5 Å². The van der Waals surface area contributed by atoms with Gasteiger partial charge in [0.25, 0.3) is 5.69 Å². The number of hydrogen-bond donors (Lipinski definition) is 1. The zero-order valence-corrected chi connectivity index (χ0v) is 13.5. The Kier molecular flexibility index (Phi) is 5.15. The molecule has 0 spiro atoms. The fourth-order valence-electron chi connectivity index (χ4n) is 2.17. The van der Waals surface area contributed by atoms with Gasteiger partial charge in [0, 0.05) is 6.07 Å².